The van der Waals surface area contributed by atoms with Gasteiger partial charge in [-0.3, -0.25) is 9.69 Å². The number of hydrogen-bond donors (Lipinski definition) is 2. The molecule has 0 radical (unpaired) electrons. The van der Waals surface area contributed by atoms with Gasteiger partial charge in [0.1, 0.15) is 5.69 Å². The molecule has 3 rings (SSSR count). The van der Waals surface area contributed by atoms with Crippen LogP contribution in [0.25, 0.3) is 0 Å². The van der Waals surface area contributed by atoms with Gasteiger partial charge >= 0.3 is 0 Å². The molecule has 1 aromatic carbocycles. The van der Waals surface area contributed by atoms with E-state index in [-0.39, 0.29) is 5.91 Å². The number of rotatable bonds is 7. The zero-order valence-electron chi connectivity index (χ0n) is 16.1. The molecule has 6 heteroatoms. The Morgan fingerprint density at radius 3 is 2.44 bits per heavy atom. The van der Waals surface area contributed by atoms with E-state index in [2.05, 4.69) is 34.4 Å². The minimum atomic E-state index is -0.202. The molecule has 27 heavy (non-hydrogen) atoms. The Morgan fingerprint density at radius 2 is 1.81 bits per heavy atom. The minimum Gasteiger partial charge on any atom is -0.383 e. The number of amides is 1. The van der Waals surface area contributed by atoms with Crippen molar-refractivity contribution in [3.05, 3.63) is 53.9 Å². The first-order chi connectivity index (χ1) is 13.1. The van der Waals surface area contributed by atoms with Gasteiger partial charge in [0.2, 0.25) is 0 Å². The number of nitrogens with zero attached hydrogens (tertiary/aromatic N) is 2. The molecule has 2 N–H and O–H groups in total. The van der Waals surface area contributed by atoms with Crippen molar-refractivity contribution in [1.82, 2.24) is 9.88 Å². The number of pyridine rings is 1. The number of hydrogen-bond acceptors (Lipinski definition) is 5. The first-order valence-corrected chi connectivity index (χ1v) is 9.53. The third kappa shape index (κ3) is 5.77. The third-order valence-corrected chi connectivity index (χ3v) is 4.69. The van der Waals surface area contributed by atoms with Crippen LogP contribution in [-0.4, -0.2) is 55.2 Å². The second-order valence-electron chi connectivity index (χ2n) is 7.04. The van der Waals surface area contributed by atoms with Gasteiger partial charge in [-0.25, -0.2) is 4.98 Å². The van der Waals surface area contributed by atoms with E-state index in [9.17, 15) is 4.79 Å². The second-order valence-corrected chi connectivity index (χ2v) is 7.04. The normalized spacial score (nSPS) is 14.9. The van der Waals surface area contributed by atoms with Gasteiger partial charge in [0.15, 0.2) is 0 Å². The maximum atomic E-state index is 12.4. The zero-order valence-corrected chi connectivity index (χ0v) is 16.1. The highest BCUT2D eigenvalue weighted by atomic mass is 16.5. The monoisotopic (exact) mass is 368 g/mol. The Hall–Kier alpha value is -2.44. The van der Waals surface area contributed by atoms with Gasteiger partial charge < -0.3 is 15.4 Å². The number of carbonyl (C=O) groups excluding carboxylic acids is 1. The Morgan fingerprint density at radius 1 is 1.11 bits per heavy atom. The molecule has 1 saturated heterocycles. The number of morpholine rings is 1. The van der Waals surface area contributed by atoms with E-state index in [1.54, 1.807) is 12.3 Å². The molecule has 0 spiro atoms. The SMILES string of the molecule is CC(C)c1ccc(NC(=O)c2ccc(NCCN3CCOCC3)cn2)cc1. The summed E-state index contributed by atoms with van der Waals surface area (Å²) in [4.78, 5) is 19.0. The lowest BCUT2D eigenvalue weighted by atomic mass is 10.0. The number of ether oxygens (including phenoxy) is 1. The summed E-state index contributed by atoms with van der Waals surface area (Å²) < 4.78 is 5.35. The molecular formula is C21H28N4O2. The minimum absolute atomic E-state index is 0.202. The average molecular weight is 368 g/mol. The standard InChI is InChI=1S/C21H28N4O2/c1-16(2)17-3-5-18(6-4-17)24-21(26)20-8-7-19(15-23-20)22-9-10-25-11-13-27-14-12-25/h3-8,15-16,22H,9-14H2,1-2H3,(H,24,26). The maximum absolute atomic E-state index is 12.4. The summed E-state index contributed by atoms with van der Waals surface area (Å²) in [6.07, 6.45) is 1.70. The molecule has 0 saturated carbocycles. The van der Waals surface area contributed by atoms with E-state index in [1.165, 1.54) is 5.56 Å². The smallest absolute Gasteiger partial charge is 0.274 e. The van der Waals surface area contributed by atoms with Gasteiger partial charge in [-0.05, 0) is 35.7 Å². The fraction of sp³-hybridized carbons (Fsp3) is 0.429. The van der Waals surface area contributed by atoms with Crippen molar-refractivity contribution in [3.8, 4) is 0 Å². The van der Waals surface area contributed by atoms with Gasteiger partial charge in [-0.2, -0.15) is 0 Å². The highest BCUT2D eigenvalue weighted by Crippen LogP contribution is 2.17. The molecule has 0 atom stereocenters. The van der Waals surface area contributed by atoms with Crippen molar-refractivity contribution in [1.29, 1.82) is 0 Å². The van der Waals surface area contributed by atoms with Crippen LogP contribution in [0, 0.1) is 0 Å². The van der Waals surface area contributed by atoms with E-state index >= 15 is 0 Å². The number of aromatic nitrogens is 1. The lowest BCUT2D eigenvalue weighted by Gasteiger charge is -2.26. The summed E-state index contributed by atoms with van der Waals surface area (Å²) in [5.74, 6) is 0.270. The van der Waals surface area contributed by atoms with Crippen LogP contribution < -0.4 is 10.6 Å². The van der Waals surface area contributed by atoms with Crippen molar-refractivity contribution in [3.63, 3.8) is 0 Å². The van der Waals surface area contributed by atoms with E-state index in [4.69, 9.17) is 4.74 Å². The Balaban J connectivity index is 1.47. The van der Waals surface area contributed by atoms with Crippen LogP contribution in [-0.2, 0) is 4.74 Å². The van der Waals surface area contributed by atoms with Gasteiger partial charge in [-0.1, -0.05) is 26.0 Å². The fourth-order valence-electron chi connectivity index (χ4n) is 2.96. The van der Waals surface area contributed by atoms with Crippen molar-refractivity contribution < 1.29 is 9.53 Å². The summed E-state index contributed by atoms with van der Waals surface area (Å²) in [6.45, 7) is 9.70. The van der Waals surface area contributed by atoms with Crippen molar-refractivity contribution in [2.24, 2.45) is 0 Å². The first-order valence-electron chi connectivity index (χ1n) is 9.53. The van der Waals surface area contributed by atoms with Gasteiger partial charge in [-0.15, -0.1) is 0 Å². The number of benzene rings is 1. The molecule has 2 heterocycles. The van der Waals surface area contributed by atoms with Crippen LogP contribution in [0.1, 0.15) is 35.8 Å². The number of carbonyl (C=O) groups is 1. The second kappa shape index (κ2) is 9.48. The molecule has 1 aliphatic rings. The van der Waals surface area contributed by atoms with Gasteiger partial charge in [0.25, 0.3) is 5.91 Å². The number of anilines is 2. The van der Waals surface area contributed by atoms with E-state index in [0.717, 1.165) is 50.8 Å². The maximum Gasteiger partial charge on any atom is 0.274 e. The van der Waals surface area contributed by atoms with Crippen LogP contribution in [0.4, 0.5) is 11.4 Å². The molecule has 1 aliphatic heterocycles. The Kier molecular flexibility index (Phi) is 6.79. The van der Waals surface area contributed by atoms with E-state index in [1.807, 2.05) is 30.3 Å². The predicted molar refractivity (Wildman–Crippen MR) is 108 cm³/mol. The van der Waals surface area contributed by atoms with E-state index < -0.39 is 0 Å². The molecule has 1 amide bonds. The molecule has 1 aromatic heterocycles. The van der Waals surface area contributed by atoms with Crippen molar-refractivity contribution >= 4 is 17.3 Å². The molecule has 1 fully saturated rings. The predicted octanol–water partition coefficient (Wildman–Crippen LogP) is 3.20. The molecule has 144 valence electrons. The van der Waals surface area contributed by atoms with E-state index in [0.29, 0.717) is 11.6 Å². The molecule has 2 aromatic rings. The summed E-state index contributed by atoms with van der Waals surface area (Å²) >= 11 is 0. The van der Waals surface area contributed by atoms with Crippen molar-refractivity contribution in [2.45, 2.75) is 19.8 Å². The van der Waals surface area contributed by atoms with Crippen LogP contribution in [0.5, 0.6) is 0 Å². The van der Waals surface area contributed by atoms with Gasteiger partial charge in [0.05, 0.1) is 25.1 Å². The zero-order chi connectivity index (χ0) is 19.1. The lowest BCUT2D eigenvalue weighted by Crippen LogP contribution is -2.39. The quantitative estimate of drug-likeness (QED) is 0.786. The molecular weight excluding hydrogens is 340 g/mol. The molecule has 0 unspecified atom stereocenters. The van der Waals surface area contributed by atoms with Crippen LogP contribution in [0.3, 0.4) is 0 Å². The molecule has 6 nitrogen and oxygen atoms in total. The van der Waals surface area contributed by atoms with Crippen LogP contribution in [0.15, 0.2) is 42.6 Å². The summed E-state index contributed by atoms with van der Waals surface area (Å²) in [5, 5.41) is 6.24. The largest absolute Gasteiger partial charge is 0.383 e. The number of nitrogens with one attached hydrogen (secondary N) is 2. The van der Waals surface area contributed by atoms with Crippen molar-refractivity contribution in [2.75, 3.05) is 50.0 Å². The van der Waals surface area contributed by atoms with Crippen LogP contribution in [0.2, 0.25) is 0 Å². The average Bonchev–Trinajstić information content (AvgIpc) is 2.70. The lowest BCUT2D eigenvalue weighted by molar-refractivity contribution is 0.0398. The topological polar surface area (TPSA) is 66.5 Å². The highest BCUT2D eigenvalue weighted by molar-refractivity contribution is 6.02. The van der Waals surface area contributed by atoms with Gasteiger partial charge in [0, 0.05) is 31.9 Å². The highest BCUT2D eigenvalue weighted by Gasteiger charge is 2.10. The summed E-state index contributed by atoms with van der Waals surface area (Å²) in [6, 6.07) is 11.6. The Bertz CT molecular complexity index is 723. The molecule has 0 bridgehead atoms. The molecule has 0 aliphatic carbocycles. The summed E-state index contributed by atoms with van der Waals surface area (Å²) in [5.41, 5.74) is 3.35. The third-order valence-electron chi connectivity index (χ3n) is 4.69. The fourth-order valence-corrected chi connectivity index (χ4v) is 2.96. The van der Waals surface area contributed by atoms with Crippen LogP contribution >= 0.6 is 0 Å². The first kappa shape index (κ1) is 19.3. The summed E-state index contributed by atoms with van der Waals surface area (Å²) in [7, 11) is 0. The Labute approximate surface area is 160 Å².